The molecule has 1 nitrogen and oxygen atoms in total. The topological polar surface area (TPSA) is 12.0 Å². The van der Waals surface area contributed by atoms with Gasteiger partial charge in [0.25, 0.3) is 0 Å². The molecule has 1 aromatic rings. The first-order chi connectivity index (χ1) is 8.90. The fraction of sp³-hybridized carbons (Fsp3) is 0.625. The first-order valence-electron chi connectivity index (χ1n) is 7.41. The summed E-state index contributed by atoms with van der Waals surface area (Å²) < 4.78 is 0. The number of rotatable bonds is 5. The van der Waals surface area contributed by atoms with E-state index in [4.69, 9.17) is 0 Å². The van der Waals surface area contributed by atoms with Gasteiger partial charge in [-0.05, 0) is 55.9 Å². The molecule has 2 aliphatic carbocycles. The third kappa shape index (κ3) is 3.23. The van der Waals surface area contributed by atoms with Gasteiger partial charge in [0.1, 0.15) is 0 Å². The molecule has 0 spiro atoms. The normalized spacial score (nSPS) is 20.9. The Hall–Kier alpha value is -0.630. The molecular weight excluding hydrogens is 238 g/mol. The highest BCUT2D eigenvalue weighted by Gasteiger charge is 2.17. The molecule has 1 N–H and O–H groups in total. The molecule has 0 heterocycles. The lowest BCUT2D eigenvalue weighted by molar-refractivity contribution is 0.333. The van der Waals surface area contributed by atoms with E-state index in [-0.39, 0.29) is 0 Å². The van der Waals surface area contributed by atoms with E-state index in [9.17, 15) is 0 Å². The van der Waals surface area contributed by atoms with Crippen LogP contribution in [0, 0.1) is 5.92 Å². The average molecular weight is 261 g/mol. The van der Waals surface area contributed by atoms with Crippen LogP contribution in [0.15, 0.2) is 29.2 Å². The van der Waals surface area contributed by atoms with Crippen molar-refractivity contribution in [3.05, 3.63) is 24.3 Å². The maximum Gasteiger partial charge on any atom is 0.0341 e. The van der Waals surface area contributed by atoms with Crippen molar-refractivity contribution >= 4 is 17.4 Å². The summed E-state index contributed by atoms with van der Waals surface area (Å²) in [5, 5.41) is 4.43. The van der Waals surface area contributed by atoms with Crippen LogP contribution in [-0.2, 0) is 0 Å². The van der Waals surface area contributed by atoms with Crippen LogP contribution in [0.2, 0.25) is 0 Å². The van der Waals surface area contributed by atoms with Gasteiger partial charge in [0.15, 0.2) is 0 Å². The van der Waals surface area contributed by atoms with E-state index in [0.29, 0.717) is 0 Å². The van der Waals surface area contributed by atoms with Gasteiger partial charge in [0, 0.05) is 22.4 Å². The lowest BCUT2D eigenvalue weighted by Crippen LogP contribution is -2.20. The monoisotopic (exact) mass is 261 g/mol. The van der Waals surface area contributed by atoms with Crippen LogP contribution in [0.25, 0.3) is 0 Å². The number of nitrogens with one attached hydrogen (secondary N) is 1. The quantitative estimate of drug-likeness (QED) is 0.806. The molecule has 2 saturated carbocycles. The van der Waals surface area contributed by atoms with Gasteiger partial charge in [-0.1, -0.05) is 19.3 Å². The summed E-state index contributed by atoms with van der Waals surface area (Å²) in [6.07, 6.45) is 9.95. The Kier molecular flexibility index (Phi) is 4.14. The van der Waals surface area contributed by atoms with Crippen LogP contribution < -0.4 is 5.32 Å². The van der Waals surface area contributed by atoms with E-state index in [2.05, 4.69) is 41.3 Å². The van der Waals surface area contributed by atoms with E-state index in [1.54, 1.807) is 0 Å². The molecule has 3 rings (SSSR count). The highest BCUT2D eigenvalue weighted by atomic mass is 32.2. The van der Waals surface area contributed by atoms with Gasteiger partial charge in [-0.2, -0.15) is 0 Å². The maximum atomic E-state index is 3.56. The molecule has 0 radical (unpaired) electrons. The van der Waals surface area contributed by atoms with Crippen molar-refractivity contribution in [3.63, 3.8) is 0 Å². The SMILES string of the molecule is c1cc(SC2CCCC2)ccc1NCC1CCC1. The van der Waals surface area contributed by atoms with Gasteiger partial charge in [-0.15, -0.1) is 11.8 Å². The fourth-order valence-corrected chi connectivity index (χ4v) is 4.06. The Morgan fingerprint density at radius 3 is 2.28 bits per heavy atom. The van der Waals surface area contributed by atoms with Crippen LogP contribution >= 0.6 is 11.8 Å². The zero-order valence-corrected chi connectivity index (χ0v) is 11.8. The molecule has 0 unspecified atom stereocenters. The molecule has 0 saturated heterocycles. The first kappa shape index (κ1) is 12.4. The minimum atomic E-state index is 0.874. The van der Waals surface area contributed by atoms with Crippen molar-refractivity contribution in [2.75, 3.05) is 11.9 Å². The van der Waals surface area contributed by atoms with Crippen LogP contribution in [0.3, 0.4) is 0 Å². The van der Waals surface area contributed by atoms with E-state index >= 15 is 0 Å². The van der Waals surface area contributed by atoms with Gasteiger partial charge >= 0.3 is 0 Å². The Morgan fingerprint density at radius 1 is 0.944 bits per heavy atom. The minimum absolute atomic E-state index is 0.874. The van der Waals surface area contributed by atoms with E-state index in [1.807, 2.05) is 0 Å². The molecule has 0 aliphatic heterocycles. The van der Waals surface area contributed by atoms with Crippen molar-refractivity contribution in [3.8, 4) is 0 Å². The Bertz CT molecular complexity index is 363. The summed E-state index contributed by atoms with van der Waals surface area (Å²) in [6.45, 7) is 1.16. The van der Waals surface area contributed by atoms with Crippen molar-refractivity contribution in [2.24, 2.45) is 5.92 Å². The van der Waals surface area contributed by atoms with Crippen molar-refractivity contribution in [2.45, 2.75) is 55.1 Å². The van der Waals surface area contributed by atoms with E-state index in [1.165, 1.54) is 55.5 Å². The molecule has 0 aromatic heterocycles. The lowest BCUT2D eigenvalue weighted by Gasteiger charge is -2.25. The van der Waals surface area contributed by atoms with Crippen molar-refractivity contribution in [1.29, 1.82) is 0 Å². The predicted molar refractivity (Wildman–Crippen MR) is 80.4 cm³/mol. The Morgan fingerprint density at radius 2 is 1.67 bits per heavy atom. The zero-order valence-electron chi connectivity index (χ0n) is 11.0. The summed E-state index contributed by atoms with van der Waals surface area (Å²) >= 11 is 2.07. The smallest absolute Gasteiger partial charge is 0.0341 e. The highest BCUT2D eigenvalue weighted by molar-refractivity contribution is 8.00. The minimum Gasteiger partial charge on any atom is -0.385 e. The number of hydrogen-bond acceptors (Lipinski definition) is 2. The molecule has 0 bridgehead atoms. The molecule has 2 aliphatic rings. The molecule has 98 valence electrons. The van der Waals surface area contributed by atoms with E-state index in [0.717, 1.165) is 17.7 Å². The second kappa shape index (κ2) is 6.01. The van der Waals surface area contributed by atoms with Gasteiger partial charge in [0.05, 0.1) is 0 Å². The fourth-order valence-electron chi connectivity index (χ4n) is 2.81. The second-order valence-corrected chi connectivity index (χ2v) is 7.10. The molecule has 2 heteroatoms. The molecule has 18 heavy (non-hydrogen) atoms. The van der Waals surface area contributed by atoms with Crippen LogP contribution in [-0.4, -0.2) is 11.8 Å². The largest absolute Gasteiger partial charge is 0.385 e. The number of benzene rings is 1. The third-order valence-corrected chi connectivity index (χ3v) is 5.63. The summed E-state index contributed by atoms with van der Waals surface area (Å²) in [4.78, 5) is 1.44. The van der Waals surface area contributed by atoms with E-state index < -0.39 is 0 Å². The Labute approximate surface area is 115 Å². The van der Waals surface area contributed by atoms with Crippen LogP contribution in [0.5, 0.6) is 0 Å². The molecular formula is C16H23NS. The first-order valence-corrected chi connectivity index (χ1v) is 8.29. The molecule has 0 atom stereocenters. The highest BCUT2D eigenvalue weighted by Crippen LogP contribution is 2.35. The van der Waals surface area contributed by atoms with Crippen LogP contribution in [0.1, 0.15) is 44.9 Å². The molecule has 2 fully saturated rings. The van der Waals surface area contributed by atoms with Gasteiger partial charge in [-0.25, -0.2) is 0 Å². The van der Waals surface area contributed by atoms with Gasteiger partial charge in [-0.3, -0.25) is 0 Å². The molecule has 1 aromatic carbocycles. The molecule has 0 amide bonds. The van der Waals surface area contributed by atoms with Crippen LogP contribution in [0.4, 0.5) is 5.69 Å². The predicted octanol–water partition coefficient (Wildman–Crippen LogP) is 4.93. The zero-order chi connectivity index (χ0) is 12.2. The summed E-state index contributed by atoms with van der Waals surface area (Å²) in [5.41, 5.74) is 1.29. The maximum absolute atomic E-state index is 3.56. The number of thioether (sulfide) groups is 1. The number of hydrogen-bond donors (Lipinski definition) is 1. The Balaban J connectivity index is 1.48. The standard InChI is InChI=1S/C16H23NS/c1-2-7-15(6-1)18-16-10-8-14(9-11-16)17-12-13-4-3-5-13/h8-11,13,15,17H,1-7,12H2. The third-order valence-electron chi connectivity index (χ3n) is 4.28. The van der Waals surface area contributed by atoms with Gasteiger partial charge < -0.3 is 5.32 Å². The summed E-state index contributed by atoms with van der Waals surface area (Å²) in [5.74, 6) is 0.928. The summed E-state index contributed by atoms with van der Waals surface area (Å²) in [6, 6.07) is 9.06. The van der Waals surface area contributed by atoms with Crippen molar-refractivity contribution in [1.82, 2.24) is 0 Å². The number of anilines is 1. The van der Waals surface area contributed by atoms with Crippen molar-refractivity contribution < 1.29 is 0 Å². The van der Waals surface area contributed by atoms with Gasteiger partial charge in [0.2, 0.25) is 0 Å². The lowest BCUT2D eigenvalue weighted by atomic mass is 9.85. The average Bonchev–Trinajstić information content (AvgIpc) is 2.82. The second-order valence-electron chi connectivity index (χ2n) is 5.73. The summed E-state index contributed by atoms with van der Waals surface area (Å²) in [7, 11) is 0.